The van der Waals surface area contributed by atoms with Crippen LogP contribution in [0.5, 0.6) is 0 Å². The molecule has 0 aliphatic heterocycles. The van der Waals surface area contributed by atoms with Crippen LogP contribution in [0, 0.1) is 13.8 Å². The van der Waals surface area contributed by atoms with Crippen LogP contribution in [0.2, 0.25) is 0 Å². The predicted octanol–water partition coefficient (Wildman–Crippen LogP) is 4.13. The maximum atomic E-state index is 14.0. The highest BCUT2D eigenvalue weighted by molar-refractivity contribution is 6.01. The van der Waals surface area contributed by atoms with E-state index in [1.54, 1.807) is 47.6 Å². The van der Waals surface area contributed by atoms with Gasteiger partial charge in [0.05, 0.1) is 18.3 Å². The second-order valence-electron chi connectivity index (χ2n) is 8.75. The van der Waals surface area contributed by atoms with Crippen LogP contribution >= 0.6 is 0 Å². The molecule has 0 radical (unpaired) electrons. The fourth-order valence-corrected chi connectivity index (χ4v) is 4.19. The lowest BCUT2D eigenvalue weighted by Crippen LogP contribution is -2.45. The van der Waals surface area contributed by atoms with Gasteiger partial charge >= 0.3 is 0 Å². The molecule has 0 aliphatic rings. The molecule has 0 spiro atoms. The molecule has 0 fully saturated rings. The summed E-state index contributed by atoms with van der Waals surface area (Å²) in [5.41, 5.74) is 4.68. The van der Waals surface area contributed by atoms with Crippen LogP contribution in [-0.4, -0.2) is 31.8 Å². The number of carbonyl (C=O) groups excluding carboxylic acids is 2. The quantitative estimate of drug-likeness (QED) is 0.348. The van der Waals surface area contributed by atoms with E-state index in [2.05, 4.69) is 20.6 Å². The van der Waals surface area contributed by atoms with Gasteiger partial charge in [-0.15, -0.1) is 5.10 Å². The topological polar surface area (TPSA) is 106 Å². The number of hydrogen-bond donors (Lipinski definition) is 1. The first kappa shape index (κ1) is 23.9. The molecule has 5 rings (SSSR count). The van der Waals surface area contributed by atoms with Gasteiger partial charge in [0.25, 0.3) is 0 Å². The van der Waals surface area contributed by atoms with Crippen molar-refractivity contribution in [3.05, 3.63) is 108 Å². The summed E-state index contributed by atoms with van der Waals surface area (Å²) in [6.07, 6.45) is 4.78. The monoisotopic (exact) mass is 494 g/mol. The Kier molecular flexibility index (Phi) is 6.76. The Hall–Kier alpha value is -4.79. The van der Waals surface area contributed by atoms with Gasteiger partial charge in [0.1, 0.15) is 23.9 Å². The Morgan fingerprint density at radius 2 is 1.89 bits per heavy atom. The maximum absolute atomic E-state index is 14.0. The molecule has 0 bridgehead atoms. The molecule has 0 unspecified atom stereocenters. The van der Waals surface area contributed by atoms with Crippen LogP contribution in [0.25, 0.3) is 11.0 Å². The van der Waals surface area contributed by atoms with Gasteiger partial charge in [-0.05, 0) is 67.4 Å². The lowest BCUT2D eigenvalue weighted by Gasteiger charge is -2.31. The van der Waals surface area contributed by atoms with E-state index in [9.17, 15) is 9.59 Å². The lowest BCUT2D eigenvalue weighted by atomic mass is 10.0. The molecule has 9 heteroatoms. The highest BCUT2D eigenvalue weighted by Crippen LogP contribution is 2.30. The fourth-order valence-electron chi connectivity index (χ4n) is 4.19. The van der Waals surface area contributed by atoms with Gasteiger partial charge in [0.15, 0.2) is 0 Å². The number of aryl methyl sites for hydroxylation is 2. The minimum atomic E-state index is -0.979. The van der Waals surface area contributed by atoms with Gasteiger partial charge in [-0.1, -0.05) is 29.5 Å². The second-order valence-corrected chi connectivity index (χ2v) is 8.75. The average Bonchev–Trinajstić information content (AvgIpc) is 3.58. The van der Waals surface area contributed by atoms with Crippen LogP contribution in [0.3, 0.4) is 0 Å². The summed E-state index contributed by atoms with van der Waals surface area (Å²) < 4.78 is 6.92. The second kappa shape index (κ2) is 10.4. The summed E-state index contributed by atoms with van der Waals surface area (Å²) in [6, 6.07) is 19.2. The average molecular weight is 495 g/mol. The van der Waals surface area contributed by atoms with Crippen LogP contribution in [-0.2, 0) is 22.7 Å². The molecule has 0 saturated heterocycles. The van der Waals surface area contributed by atoms with Gasteiger partial charge in [0, 0.05) is 23.6 Å². The van der Waals surface area contributed by atoms with Crippen LogP contribution in [0.15, 0.2) is 89.8 Å². The minimum Gasteiger partial charge on any atom is -0.467 e. The van der Waals surface area contributed by atoms with Gasteiger partial charge in [-0.3, -0.25) is 19.5 Å². The van der Waals surface area contributed by atoms with E-state index < -0.39 is 6.04 Å². The third-order valence-electron chi connectivity index (χ3n) is 6.27. The summed E-state index contributed by atoms with van der Waals surface area (Å²) in [4.78, 5) is 33.5. The zero-order valence-corrected chi connectivity index (χ0v) is 20.5. The molecule has 2 amide bonds. The number of aromatic nitrogens is 4. The van der Waals surface area contributed by atoms with E-state index in [4.69, 9.17) is 4.42 Å². The Labute approximate surface area is 213 Å². The first-order valence-electron chi connectivity index (χ1n) is 11.9. The Morgan fingerprint density at radius 3 is 2.65 bits per heavy atom. The highest BCUT2D eigenvalue weighted by atomic mass is 16.3. The zero-order valence-electron chi connectivity index (χ0n) is 20.5. The first-order chi connectivity index (χ1) is 18.0. The molecule has 1 atom stereocenters. The van der Waals surface area contributed by atoms with Crippen molar-refractivity contribution in [2.45, 2.75) is 33.0 Å². The number of para-hydroxylation sites is 1. The molecule has 3 heterocycles. The molecule has 5 aromatic rings. The van der Waals surface area contributed by atoms with Crippen molar-refractivity contribution < 1.29 is 14.0 Å². The van der Waals surface area contributed by atoms with Gasteiger partial charge < -0.3 is 9.73 Å². The number of benzene rings is 2. The fraction of sp³-hybridized carbons (Fsp3) is 0.179. The summed E-state index contributed by atoms with van der Waals surface area (Å²) in [6.45, 7) is 4.06. The standard InChI is InChI=1S/C28H26N6O3/c1-19-11-12-22(15-20(19)2)34(26(35)18-33-25-10-4-3-9-24(25)31-32-33)27(21-7-5-13-29-16-21)28(36)30-17-23-8-6-14-37-23/h3-16,27H,17-18H2,1-2H3,(H,30,36)/t27-/m0/s1. The van der Waals surface area contributed by atoms with Crippen molar-refractivity contribution in [2.75, 3.05) is 4.90 Å². The SMILES string of the molecule is Cc1ccc(N(C(=O)Cn2nnc3ccccc32)[C@H](C(=O)NCc2ccco2)c2cccnc2)cc1C. The number of pyridine rings is 1. The number of amides is 2. The summed E-state index contributed by atoms with van der Waals surface area (Å²) in [7, 11) is 0. The van der Waals surface area contributed by atoms with Gasteiger partial charge in [0.2, 0.25) is 11.8 Å². The Balaban J connectivity index is 1.56. The number of rotatable bonds is 8. The van der Waals surface area contributed by atoms with Crippen LogP contribution in [0.4, 0.5) is 5.69 Å². The molecule has 2 aromatic carbocycles. The summed E-state index contributed by atoms with van der Waals surface area (Å²) in [5.74, 6) is -0.0724. The molecular formula is C28H26N6O3. The van der Waals surface area contributed by atoms with E-state index >= 15 is 0 Å². The number of carbonyl (C=O) groups is 2. The maximum Gasteiger partial charge on any atom is 0.249 e. The molecule has 0 saturated carbocycles. The lowest BCUT2D eigenvalue weighted by molar-refractivity contribution is -0.127. The molecule has 3 aromatic heterocycles. The number of anilines is 1. The number of nitrogens with one attached hydrogen (secondary N) is 1. The predicted molar refractivity (Wildman–Crippen MR) is 138 cm³/mol. The van der Waals surface area contributed by atoms with Crippen molar-refractivity contribution in [1.82, 2.24) is 25.3 Å². The van der Waals surface area contributed by atoms with Crippen molar-refractivity contribution in [2.24, 2.45) is 0 Å². The molecule has 0 aliphatic carbocycles. The van der Waals surface area contributed by atoms with Crippen molar-refractivity contribution in [1.29, 1.82) is 0 Å². The smallest absolute Gasteiger partial charge is 0.249 e. The van der Waals surface area contributed by atoms with E-state index in [1.165, 1.54) is 4.90 Å². The summed E-state index contributed by atoms with van der Waals surface area (Å²) in [5, 5.41) is 11.3. The third kappa shape index (κ3) is 5.11. The van der Waals surface area contributed by atoms with Crippen molar-refractivity contribution >= 4 is 28.5 Å². The van der Waals surface area contributed by atoms with E-state index in [0.29, 0.717) is 22.5 Å². The molecule has 186 valence electrons. The Bertz CT molecular complexity index is 1530. The number of hydrogen-bond acceptors (Lipinski definition) is 6. The minimum absolute atomic E-state index is 0.102. The zero-order chi connectivity index (χ0) is 25.8. The molecule has 9 nitrogen and oxygen atoms in total. The molecule has 37 heavy (non-hydrogen) atoms. The van der Waals surface area contributed by atoms with Crippen molar-refractivity contribution in [3.63, 3.8) is 0 Å². The van der Waals surface area contributed by atoms with Crippen molar-refractivity contribution in [3.8, 4) is 0 Å². The molecular weight excluding hydrogens is 468 g/mol. The van der Waals surface area contributed by atoms with E-state index in [-0.39, 0.29) is 24.9 Å². The van der Waals surface area contributed by atoms with Gasteiger partial charge in [-0.25, -0.2) is 4.68 Å². The van der Waals surface area contributed by atoms with E-state index in [0.717, 1.165) is 16.6 Å². The molecule has 1 N–H and O–H groups in total. The number of fused-ring (bicyclic) bond motifs is 1. The normalized spacial score (nSPS) is 11.8. The number of furan rings is 1. The largest absolute Gasteiger partial charge is 0.467 e. The number of nitrogens with zero attached hydrogens (tertiary/aromatic N) is 5. The highest BCUT2D eigenvalue weighted by Gasteiger charge is 2.33. The third-order valence-corrected chi connectivity index (χ3v) is 6.27. The first-order valence-corrected chi connectivity index (χ1v) is 11.9. The van der Waals surface area contributed by atoms with Crippen LogP contribution in [0.1, 0.15) is 28.5 Å². The summed E-state index contributed by atoms with van der Waals surface area (Å²) >= 11 is 0. The van der Waals surface area contributed by atoms with E-state index in [1.807, 2.05) is 56.3 Å². The van der Waals surface area contributed by atoms with Crippen LogP contribution < -0.4 is 10.2 Å². The van der Waals surface area contributed by atoms with Gasteiger partial charge in [-0.2, -0.15) is 0 Å². The Morgan fingerprint density at radius 1 is 1.03 bits per heavy atom.